The number of pyridine rings is 3. The summed E-state index contributed by atoms with van der Waals surface area (Å²) in [6, 6.07) is 24.4. The van der Waals surface area contributed by atoms with Gasteiger partial charge in [-0.3, -0.25) is 9.38 Å². The van der Waals surface area contributed by atoms with Crippen molar-refractivity contribution < 1.29 is 0 Å². The highest BCUT2D eigenvalue weighted by molar-refractivity contribution is 6.15. The summed E-state index contributed by atoms with van der Waals surface area (Å²) in [6.45, 7) is 0. The van der Waals surface area contributed by atoms with E-state index in [2.05, 4.69) is 69.0 Å². The zero-order valence-corrected chi connectivity index (χ0v) is 18.8. The first-order valence-corrected chi connectivity index (χ1v) is 12.0. The van der Waals surface area contributed by atoms with E-state index in [-0.39, 0.29) is 0 Å². The summed E-state index contributed by atoms with van der Waals surface area (Å²) in [6.07, 6.45) is 7.63. The van der Waals surface area contributed by atoms with E-state index in [4.69, 9.17) is 4.98 Å². The number of hydrogen-bond acceptors (Lipinski definition) is 3. The van der Waals surface area contributed by atoms with Crippen molar-refractivity contribution in [3.8, 4) is 22.3 Å². The maximum Gasteiger partial charge on any atom is 0.165 e. The lowest BCUT2D eigenvalue weighted by molar-refractivity contribution is 1.22. The van der Waals surface area contributed by atoms with Crippen LogP contribution in [0.3, 0.4) is 0 Å². The van der Waals surface area contributed by atoms with Gasteiger partial charge in [-0.2, -0.15) is 0 Å². The molecule has 0 spiro atoms. The van der Waals surface area contributed by atoms with Crippen molar-refractivity contribution in [2.75, 3.05) is 0 Å². The van der Waals surface area contributed by atoms with E-state index >= 15 is 0 Å². The van der Waals surface area contributed by atoms with Crippen LogP contribution in [0.2, 0.25) is 0 Å². The number of nitrogens with zero attached hydrogens (tertiary/aromatic N) is 4. The van der Waals surface area contributed by atoms with Gasteiger partial charge in [-0.15, -0.1) is 0 Å². The summed E-state index contributed by atoms with van der Waals surface area (Å²) < 4.78 is 2.17. The SMILES string of the molecule is c1ccc2c(c1)Cc1ccc3c(c1-2)-c1cc2c(cc1C3)c1ccncc1n1c3ncccc3nc21. The Morgan fingerprint density at radius 2 is 1.49 bits per heavy atom. The van der Waals surface area contributed by atoms with Gasteiger partial charge in [0.1, 0.15) is 11.2 Å². The quantitative estimate of drug-likeness (QED) is 0.243. The highest BCUT2D eigenvalue weighted by Crippen LogP contribution is 2.50. The number of rotatable bonds is 0. The summed E-state index contributed by atoms with van der Waals surface area (Å²) in [5.74, 6) is 0. The van der Waals surface area contributed by atoms with Crippen LogP contribution in [0, 0.1) is 0 Å². The highest BCUT2D eigenvalue weighted by atomic mass is 15.1. The molecule has 162 valence electrons. The number of benzene rings is 3. The molecule has 2 aliphatic carbocycles. The first-order chi connectivity index (χ1) is 17.3. The van der Waals surface area contributed by atoms with E-state index in [0.29, 0.717) is 0 Å². The Bertz CT molecular complexity index is 2070. The molecule has 4 heterocycles. The van der Waals surface area contributed by atoms with Crippen LogP contribution in [0.15, 0.2) is 85.3 Å². The Morgan fingerprint density at radius 3 is 2.43 bits per heavy atom. The van der Waals surface area contributed by atoms with Crippen LogP contribution in [0.5, 0.6) is 0 Å². The summed E-state index contributed by atoms with van der Waals surface area (Å²) in [4.78, 5) is 14.2. The third-order valence-corrected chi connectivity index (χ3v) is 7.93. The zero-order chi connectivity index (χ0) is 22.7. The fourth-order valence-corrected chi connectivity index (χ4v) is 6.47. The Labute approximate surface area is 200 Å². The van der Waals surface area contributed by atoms with E-state index in [1.807, 2.05) is 30.7 Å². The van der Waals surface area contributed by atoms with Gasteiger partial charge in [0, 0.05) is 23.2 Å². The van der Waals surface area contributed by atoms with Gasteiger partial charge in [-0.1, -0.05) is 36.4 Å². The molecule has 4 nitrogen and oxygen atoms in total. The van der Waals surface area contributed by atoms with Crippen molar-refractivity contribution in [1.29, 1.82) is 0 Å². The van der Waals surface area contributed by atoms with Gasteiger partial charge in [0.25, 0.3) is 0 Å². The maximum absolute atomic E-state index is 5.06. The molecular weight excluding hydrogens is 428 g/mol. The van der Waals surface area contributed by atoms with E-state index in [1.165, 1.54) is 55.3 Å². The van der Waals surface area contributed by atoms with Gasteiger partial charge in [0.2, 0.25) is 0 Å². The fraction of sp³-hybridized carbons (Fsp3) is 0.0645. The minimum Gasteiger partial charge on any atom is -0.274 e. The van der Waals surface area contributed by atoms with Gasteiger partial charge in [0.05, 0.1) is 11.7 Å². The van der Waals surface area contributed by atoms with Gasteiger partial charge in [0.15, 0.2) is 5.65 Å². The molecule has 3 aromatic carbocycles. The normalized spacial score (nSPS) is 13.5. The average molecular weight is 447 g/mol. The monoisotopic (exact) mass is 446 g/mol. The first-order valence-electron chi connectivity index (χ1n) is 12.0. The molecule has 0 saturated carbocycles. The standard InChI is InChI=1S/C31H18N4/c1-2-5-21-17(4-1)12-18-7-8-19-13-20-14-24-22-9-11-32-16-27(22)35-30(34-26-6-3-10-33-31(26)35)25(24)15-23(20)29(19)28(18)21/h1-11,14-16H,12-13H2. The fourth-order valence-electron chi connectivity index (χ4n) is 6.47. The van der Waals surface area contributed by atoms with E-state index < -0.39 is 0 Å². The third kappa shape index (κ3) is 2.15. The Balaban J connectivity index is 1.45. The van der Waals surface area contributed by atoms with Gasteiger partial charge < -0.3 is 0 Å². The maximum atomic E-state index is 5.06. The first kappa shape index (κ1) is 17.8. The zero-order valence-electron chi connectivity index (χ0n) is 18.8. The number of aromatic nitrogens is 4. The lowest BCUT2D eigenvalue weighted by Gasteiger charge is -2.13. The van der Waals surface area contributed by atoms with Gasteiger partial charge in [-0.25, -0.2) is 9.97 Å². The van der Waals surface area contributed by atoms with E-state index in [1.54, 1.807) is 0 Å². The molecule has 0 atom stereocenters. The molecular formula is C31H18N4. The Morgan fingerprint density at radius 1 is 0.629 bits per heavy atom. The average Bonchev–Trinajstić information content (AvgIpc) is 3.58. The topological polar surface area (TPSA) is 43.1 Å². The van der Waals surface area contributed by atoms with Crippen LogP contribution >= 0.6 is 0 Å². The number of hydrogen-bond donors (Lipinski definition) is 0. The van der Waals surface area contributed by atoms with Crippen molar-refractivity contribution in [3.05, 3.63) is 108 Å². The van der Waals surface area contributed by atoms with Crippen LogP contribution in [-0.2, 0) is 12.8 Å². The smallest absolute Gasteiger partial charge is 0.165 e. The van der Waals surface area contributed by atoms with Crippen LogP contribution in [0.4, 0.5) is 0 Å². The van der Waals surface area contributed by atoms with Crippen molar-refractivity contribution in [2.24, 2.45) is 0 Å². The summed E-state index contributed by atoms with van der Waals surface area (Å²) in [7, 11) is 0. The largest absolute Gasteiger partial charge is 0.274 e. The number of imidazole rings is 1. The third-order valence-electron chi connectivity index (χ3n) is 7.93. The molecule has 0 saturated heterocycles. The molecule has 0 aliphatic heterocycles. The molecule has 4 aromatic heterocycles. The molecule has 0 unspecified atom stereocenters. The second-order valence-electron chi connectivity index (χ2n) is 9.71. The second kappa shape index (κ2) is 6.10. The predicted octanol–water partition coefficient (Wildman–Crippen LogP) is 6.73. The van der Waals surface area contributed by atoms with Crippen LogP contribution in [-0.4, -0.2) is 19.4 Å². The minimum atomic E-state index is 0.873. The summed E-state index contributed by atoms with van der Waals surface area (Å²) in [5.41, 5.74) is 15.0. The molecule has 0 fully saturated rings. The van der Waals surface area contributed by atoms with E-state index in [9.17, 15) is 0 Å². The van der Waals surface area contributed by atoms with Crippen molar-refractivity contribution in [3.63, 3.8) is 0 Å². The number of fused-ring (bicyclic) bond motifs is 15. The van der Waals surface area contributed by atoms with Gasteiger partial charge >= 0.3 is 0 Å². The predicted molar refractivity (Wildman–Crippen MR) is 140 cm³/mol. The molecule has 9 rings (SSSR count). The molecule has 35 heavy (non-hydrogen) atoms. The molecule has 0 bridgehead atoms. The Kier molecular flexibility index (Phi) is 3.11. The molecule has 4 heteroatoms. The molecule has 7 aromatic rings. The second-order valence-corrected chi connectivity index (χ2v) is 9.71. The van der Waals surface area contributed by atoms with Crippen molar-refractivity contribution >= 4 is 38.5 Å². The molecule has 0 N–H and O–H groups in total. The molecule has 2 aliphatic rings. The van der Waals surface area contributed by atoms with Crippen molar-refractivity contribution in [2.45, 2.75) is 12.8 Å². The molecule has 0 amide bonds. The van der Waals surface area contributed by atoms with Crippen LogP contribution in [0.25, 0.3) is 60.7 Å². The highest BCUT2D eigenvalue weighted by Gasteiger charge is 2.29. The Hall–Kier alpha value is -4.57. The van der Waals surface area contributed by atoms with Gasteiger partial charge in [-0.05, 0) is 93.1 Å². The molecule has 0 radical (unpaired) electrons. The minimum absolute atomic E-state index is 0.873. The lowest BCUT2D eigenvalue weighted by atomic mass is 9.92. The summed E-state index contributed by atoms with van der Waals surface area (Å²) in [5, 5.41) is 3.58. The van der Waals surface area contributed by atoms with Crippen molar-refractivity contribution in [1.82, 2.24) is 19.4 Å². The van der Waals surface area contributed by atoms with Crippen LogP contribution in [0.1, 0.15) is 22.3 Å². The van der Waals surface area contributed by atoms with Crippen LogP contribution < -0.4 is 0 Å². The summed E-state index contributed by atoms with van der Waals surface area (Å²) >= 11 is 0. The lowest BCUT2D eigenvalue weighted by Crippen LogP contribution is -1.94. The van der Waals surface area contributed by atoms with E-state index in [0.717, 1.165) is 40.6 Å².